The highest BCUT2D eigenvalue weighted by atomic mass is 35.5. The van der Waals surface area contributed by atoms with Gasteiger partial charge in [-0.05, 0) is 24.8 Å². The second-order valence-corrected chi connectivity index (χ2v) is 6.55. The maximum atomic E-state index is 12.5. The van der Waals surface area contributed by atoms with E-state index in [-0.39, 0.29) is 17.5 Å². The number of likely N-dealkylation sites (tertiary alicyclic amines) is 1. The number of hydrogen-bond acceptors (Lipinski definition) is 4. The molecule has 1 unspecified atom stereocenters. The number of carbonyl (C=O) groups is 2. The Hall–Kier alpha value is -1.82. The Morgan fingerprint density at radius 1 is 1.52 bits per heavy atom. The van der Waals surface area contributed by atoms with Crippen LogP contribution >= 0.6 is 11.6 Å². The van der Waals surface area contributed by atoms with E-state index in [4.69, 9.17) is 21.4 Å². The molecule has 0 spiro atoms. The van der Waals surface area contributed by atoms with Crippen molar-refractivity contribution in [3.63, 3.8) is 0 Å². The molecule has 1 aromatic rings. The summed E-state index contributed by atoms with van der Waals surface area (Å²) in [6.45, 7) is 5.29. The molecule has 1 fully saturated rings. The van der Waals surface area contributed by atoms with Crippen LogP contribution in [0.25, 0.3) is 0 Å². The number of carbonyl (C=O) groups excluding carboxylic acids is 1. The van der Waals surface area contributed by atoms with Gasteiger partial charge in [-0.3, -0.25) is 9.59 Å². The number of carboxylic acids is 1. The zero-order valence-electron chi connectivity index (χ0n) is 13.3. The van der Waals surface area contributed by atoms with Gasteiger partial charge < -0.3 is 14.7 Å². The van der Waals surface area contributed by atoms with Gasteiger partial charge in [-0.15, -0.1) is 0 Å². The fourth-order valence-corrected chi connectivity index (χ4v) is 2.66. The van der Waals surface area contributed by atoms with Crippen molar-refractivity contribution in [3.05, 3.63) is 22.8 Å². The van der Waals surface area contributed by atoms with Gasteiger partial charge in [0, 0.05) is 19.3 Å². The van der Waals surface area contributed by atoms with Crippen LogP contribution in [0.3, 0.4) is 0 Å². The molecule has 1 atom stereocenters. The molecular formula is C16H21ClN2O4. The smallest absolute Gasteiger partial charge is 0.308 e. The van der Waals surface area contributed by atoms with Crippen LogP contribution in [0, 0.1) is 11.8 Å². The SMILES string of the molecule is CC(C)COc1ncc(C(=O)N2CCCC(C(=O)O)C2)cc1Cl. The molecule has 7 heteroatoms. The number of piperidine rings is 1. The second kappa shape index (κ2) is 7.64. The summed E-state index contributed by atoms with van der Waals surface area (Å²) in [6.07, 6.45) is 2.70. The molecule has 23 heavy (non-hydrogen) atoms. The lowest BCUT2D eigenvalue weighted by molar-refractivity contribution is -0.143. The first kappa shape index (κ1) is 17.5. The molecule has 2 rings (SSSR count). The Bertz CT molecular complexity index is 591. The van der Waals surface area contributed by atoms with E-state index in [9.17, 15) is 9.59 Å². The molecule has 0 saturated carbocycles. The first-order valence-corrected chi connectivity index (χ1v) is 8.06. The third-order valence-electron chi connectivity index (χ3n) is 3.67. The first-order chi connectivity index (χ1) is 10.9. The Morgan fingerprint density at radius 2 is 2.26 bits per heavy atom. The number of amides is 1. The van der Waals surface area contributed by atoms with Crippen molar-refractivity contribution in [1.82, 2.24) is 9.88 Å². The lowest BCUT2D eigenvalue weighted by Gasteiger charge is -2.30. The summed E-state index contributed by atoms with van der Waals surface area (Å²) in [5, 5.41) is 9.39. The highest BCUT2D eigenvalue weighted by Crippen LogP contribution is 2.25. The van der Waals surface area contributed by atoms with Crippen LogP contribution in [0.1, 0.15) is 37.0 Å². The van der Waals surface area contributed by atoms with Gasteiger partial charge in [0.2, 0.25) is 5.88 Å². The van der Waals surface area contributed by atoms with Gasteiger partial charge in [0.05, 0.1) is 18.1 Å². The predicted molar refractivity (Wildman–Crippen MR) is 85.8 cm³/mol. The quantitative estimate of drug-likeness (QED) is 0.891. The lowest BCUT2D eigenvalue weighted by Crippen LogP contribution is -2.42. The summed E-state index contributed by atoms with van der Waals surface area (Å²) in [4.78, 5) is 29.2. The van der Waals surface area contributed by atoms with E-state index < -0.39 is 11.9 Å². The van der Waals surface area contributed by atoms with Crippen LogP contribution in [0.4, 0.5) is 0 Å². The number of halogens is 1. The Balaban J connectivity index is 2.07. The molecule has 2 heterocycles. The molecule has 0 radical (unpaired) electrons. The van der Waals surface area contributed by atoms with E-state index in [0.717, 1.165) is 0 Å². The Labute approximate surface area is 140 Å². The largest absolute Gasteiger partial charge is 0.481 e. The summed E-state index contributed by atoms with van der Waals surface area (Å²) in [5.41, 5.74) is 0.345. The van der Waals surface area contributed by atoms with Crippen molar-refractivity contribution in [2.45, 2.75) is 26.7 Å². The molecule has 1 amide bonds. The zero-order chi connectivity index (χ0) is 17.0. The molecule has 1 N–H and O–H groups in total. The monoisotopic (exact) mass is 340 g/mol. The second-order valence-electron chi connectivity index (χ2n) is 6.14. The predicted octanol–water partition coefficient (Wildman–Crippen LogP) is 2.71. The van der Waals surface area contributed by atoms with Gasteiger partial charge in [-0.2, -0.15) is 0 Å². The van der Waals surface area contributed by atoms with Crippen molar-refractivity contribution in [2.75, 3.05) is 19.7 Å². The van der Waals surface area contributed by atoms with Crippen LogP contribution in [0.15, 0.2) is 12.3 Å². The minimum atomic E-state index is -0.865. The average Bonchev–Trinajstić information content (AvgIpc) is 2.53. The maximum absolute atomic E-state index is 12.5. The Kier molecular flexibility index (Phi) is 5.82. The highest BCUT2D eigenvalue weighted by Gasteiger charge is 2.29. The average molecular weight is 341 g/mol. The molecular weight excluding hydrogens is 320 g/mol. The molecule has 1 aliphatic rings. The van der Waals surface area contributed by atoms with Crippen LogP contribution in [0.5, 0.6) is 5.88 Å². The number of hydrogen-bond donors (Lipinski definition) is 1. The van der Waals surface area contributed by atoms with E-state index in [1.54, 1.807) is 4.90 Å². The fourth-order valence-electron chi connectivity index (χ4n) is 2.44. The number of ether oxygens (including phenoxy) is 1. The molecule has 0 aliphatic carbocycles. The first-order valence-electron chi connectivity index (χ1n) is 7.69. The molecule has 0 bridgehead atoms. The van der Waals surface area contributed by atoms with Crippen molar-refractivity contribution < 1.29 is 19.4 Å². The third kappa shape index (κ3) is 4.58. The van der Waals surface area contributed by atoms with Crippen LogP contribution < -0.4 is 4.74 Å². The highest BCUT2D eigenvalue weighted by molar-refractivity contribution is 6.32. The lowest BCUT2D eigenvalue weighted by atomic mass is 9.98. The van der Waals surface area contributed by atoms with Crippen molar-refractivity contribution >= 4 is 23.5 Å². The fraction of sp³-hybridized carbons (Fsp3) is 0.562. The number of pyridine rings is 1. The van der Waals surface area contributed by atoms with E-state index in [1.165, 1.54) is 12.3 Å². The standard InChI is InChI=1S/C16H21ClN2O4/c1-10(2)9-23-14-13(17)6-12(7-18-14)15(20)19-5-3-4-11(8-19)16(21)22/h6-7,10-11H,3-5,8-9H2,1-2H3,(H,21,22). The van der Waals surface area contributed by atoms with Crippen molar-refractivity contribution in [3.8, 4) is 5.88 Å². The molecule has 1 aromatic heterocycles. The van der Waals surface area contributed by atoms with E-state index in [0.29, 0.717) is 43.4 Å². The van der Waals surface area contributed by atoms with Gasteiger partial charge in [-0.25, -0.2) is 4.98 Å². The minimum absolute atomic E-state index is 0.220. The van der Waals surface area contributed by atoms with E-state index in [2.05, 4.69) is 4.98 Å². The van der Waals surface area contributed by atoms with Crippen LogP contribution in [0.2, 0.25) is 5.02 Å². The molecule has 126 valence electrons. The summed E-state index contributed by atoms with van der Waals surface area (Å²) >= 11 is 6.12. The normalized spacial score (nSPS) is 18.1. The molecule has 1 aliphatic heterocycles. The van der Waals surface area contributed by atoms with Crippen molar-refractivity contribution in [2.24, 2.45) is 11.8 Å². The number of carboxylic acid groups (broad SMARTS) is 1. The summed E-state index contributed by atoms with van der Waals surface area (Å²) in [5.74, 6) is -0.976. The van der Waals surface area contributed by atoms with E-state index >= 15 is 0 Å². The van der Waals surface area contributed by atoms with Gasteiger partial charge in [0.1, 0.15) is 5.02 Å². The summed E-state index contributed by atoms with van der Waals surface area (Å²) in [6, 6.07) is 1.52. The summed E-state index contributed by atoms with van der Waals surface area (Å²) in [7, 11) is 0. The van der Waals surface area contributed by atoms with Gasteiger partial charge >= 0.3 is 5.97 Å². The maximum Gasteiger partial charge on any atom is 0.308 e. The van der Waals surface area contributed by atoms with Gasteiger partial charge in [0.25, 0.3) is 5.91 Å². The molecule has 1 saturated heterocycles. The minimum Gasteiger partial charge on any atom is -0.481 e. The summed E-state index contributed by atoms with van der Waals surface area (Å²) < 4.78 is 5.48. The van der Waals surface area contributed by atoms with Gasteiger partial charge in [0.15, 0.2) is 0 Å². The molecule has 0 aromatic carbocycles. The van der Waals surface area contributed by atoms with Crippen LogP contribution in [-0.2, 0) is 4.79 Å². The van der Waals surface area contributed by atoms with Crippen LogP contribution in [-0.4, -0.2) is 46.6 Å². The topological polar surface area (TPSA) is 79.7 Å². The number of aliphatic carboxylic acids is 1. The van der Waals surface area contributed by atoms with Gasteiger partial charge in [-0.1, -0.05) is 25.4 Å². The molecule has 6 nitrogen and oxygen atoms in total. The van der Waals surface area contributed by atoms with E-state index in [1.807, 2.05) is 13.8 Å². The number of nitrogens with zero attached hydrogens (tertiary/aromatic N) is 2. The number of aromatic nitrogens is 1. The third-order valence-corrected chi connectivity index (χ3v) is 3.94. The number of rotatable bonds is 5. The zero-order valence-corrected chi connectivity index (χ0v) is 14.0. The van der Waals surface area contributed by atoms with Crippen molar-refractivity contribution in [1.29, 1.82) is 0 Å². The Morgan fingerprint density at radius 3 is 2.87 bits per heavy atom.